The monoisotopic (exact) mass is 263 g/mol. The number of benzene rings is 1. The minimum Gasteiger partial charge on any atom is -0.320 e. The second-order valence-electron chi connectivity index (χ2n) is 4.75. The van der Waals surface area contributed by atoms with Gasteiger partial charge in [-0.15, -0.1) is 0 Å². The van der Waals surface area contributed by atoms with Gasteiger partial charge in [-0.3, -0.25) is 4.79 Å². The van der Waals surface area contributed by atoms with Crippen LogP contribution in [0.4, 0.5) is 5.13 Å². The van der Waals surface area contributed by atoms with Crippen molar-refractivity contribution in [1.29, 1.82) is 0 Å². The number of hydrogen-bond acceptors (Lipinski definition) is 4. The third-order valence-corrected chi connectivity index (χ3v) is 3.73. The molecule has 0 spiro atoms. The zero-order valence-electron chi connectivity index (χ0n) is 10.7. The smallest absolute Gasteiger partial charge is 0.243 e. The maximum Gasteiger partial charge on any atom is 0.243 e. The highest BCUT2D eigenvalue weighted by Gasteiger charge is 2.18. The van der Waals surface area contributed by atoms with Crippen LogP contribution >= 0.6 is 11.3 Å². The Morgan fingerprint density at radius 2 is 2.17 bits per heavy atom. The summed E-state index contributed by atoms with van der Waals surface area (Å²) in [6.07, 6.45) is 0. The lowest BCUT2D eigenvalue weighted by molar-refractivity contribution is -0.118. The van der Waals surface area contributed by atoms with Crippen LogP contribution in [0.2, 0.25) is 0 Å². The second kappa shape index (κ2) is 5.04. The standard InChI is InChI=1S/C13H17N3OS/c1-7(2)11(14)12(17)16-13-15-9-5-4-8(3)6-10(9)18-13/h4-7,11H,14H2,1-3H3,(H,15,16,17)/t11-/m0/s1. The maximum absolute atomic E-state index is 11.8. The van der Waals surface area contributed by atoms with Gasteiger partial charge in [-0.1, -0.05) is 31.3 Å². The molecule has 1 amide bonds. The normalized spacial score (nSPS) is 12.9. The number of nitrogens with one attached hydrogen (secondary N) is 1. The molecule has 0 saturated heterocycles. The molecule has 0 bridgehead atoms. The molecular formula is C13H17N3OS. The van der Waals surface area contributed by atoms with Gasteiger partial charge < -0.3 is 11.1 Å². The number of carbonyl (C=O) groups excluding carboxylic acids is 1. The molecular weight excluding hydrogens is 246 g/mol. The molecule has 0 aliphatic heterocycles. The lowest BCUT2D eigenvalue weighted by atomic mass is 10.1. The number of fused-ring (bicyclic) bond motifs is 1. The molecule has 1 atom stereocenters. The van der Waals surface area contributed by atoms with Crippen LogP contribution in [0, 0.1) is 12.8 Å². The zero-order valence-corrected chi connectivity index (χ0v) is 11.5. The number of anilines is 1. The van der Waals surface area contributed by atoms with E-state index in [4.69, 9.17) is 5.73 Å². The Morgan fingerprint density at radius 3 is 2.83 bits per heavy atom. The molecule has 1 aromatic carbocycles. The van der Waals surface area contributed by atoms with E-state index < -0.39 is 6.04 Å². The molecule has 96 valence electrons. The molecule has 1 heterocycles. The van der Waals surface area contributed by atoms with Gasteiger partial charge in [0.05, 0.1) is 16.3 Å². The Bertz CT molecular complexity index is 577. The van der Waals surface area contributed by atoms with Crippen molar-refractivity contribution in [1.82, 2.24) is 4.98 Å². The summed E-state index contributed by atoms with van der Waals surface area (Å²) in [5, 5.41) is 3.38. The van der Waals surface area contributed by atoms with E-state index in [1.165, 1.54) is 16.9 Å². The van der Waals surface area contributed by atoms with Gasteiger partial charge in [0, 0.05) is 0 Å². The summed E-state index contributed by atoms with van der Waals surface area (Å²) in [6.45, 7) is 5.88. The van der Waals surface area contributed by atoms with Crippen LogP contribution in [0.25, 0.3) is 10.2 Å². The fraction of sp³-hybridized carbons (Fsp3) is 0.385. The average Bonchev–Trinajstić information content (AvgIpc) is 2.68. The molecule has 0 aliphatic carbocycles. The van der Waals surface area contributed by atoms with Gasteiger partial charge in [0.1, 0.15) is 0 Å². The summed E-state index contributed by atoms with van der Waals surface area (Å²) in [5.41, 5.74) is 7.88. The topological polar surface area (TPSA) is 68.0 Å². The molecule has 18 heavy (non-hydrogen) atoms. The van der Waals surface area contributed by atoms with Crippen LogP contribution in [0.15, 0.2) is 18.2 Å². The van der Waals surface area contributed by atoms with E-state index in [0.29, 0.717) is 5.13 Å². The molecule has 0 radical (unpaired) electrons. The van der Waals surface area contributed by atoms with Gasteiger partial charge in [0.2, 0.25) is 5.91 Å². The largest absolute Gasteiger partial charge is 0.320 e. The van der Waals surface area contributed by atoms with Gasteiger partial charge >= 0.3 is 0 Å². The first kappa shape index (κ1) is 13.0. The Kier molecular flexibility index (Phi) is 3.63. The van der Waals surface area contributed by atoms with E-state index in [-0.39, 0.29) is 11.8 Å². The number of aryl methyl sites for hydroxylation is 1. The number of thiazole rings is 1. The molecule has 0 unspecified atom stereocenters. The molecule has 0 fully saturated rings. The van der Waals surface area contributed by atoms with Crippen LogP contribution in [0.1, 0.15) is 19.4 Å². The fourth-order valence-corrected chi connectivity index (χ4v) is 2.54. The van der Waals surface area contributed by atoms with Gasteiger partial charge in [0.15, 0.2) is 5.13 Å². The summed E-state index contributed by atoms with van der Waals surface area (Å²) < 4.78 is 1.07. The first-order valence-corrected chi connectivity index (χ1v) is 6.72. The Balaban J connectivity index is 2.20. The van der Waals surface area contributed by atoms with Gasteiger partial charge in [-0.2, -0.15) is 0 Å². The number of aromatic nitrogens is 1. The van der Waals surface area contributed by atoms with E-state index in [1.807, 2.05) is 32.9 Å². The van der Waals surface area contributed by atoms with E-state index in [0.717, 1.165) is 10.2 Å². The third kappa shape index (κ3) is 2.68. The van der Waals surface area contributed by atoms with Crippen LogP contribution in [0.3, 0.4) is 0 Å². The highest BCUT2D eigenvalue weighted by atomic mass is 32.1. The van der Waals surface area contributed by atoms with Crippen LogP contribution in [-0.2, 0) is 4.79 Å². The van der Waals surface area contributed by atoms with Gasteiger partial charge in [0.25, 0.3) is 0 Å². The molecule has 1 aromatic heterocycles. The van der Waals surface area contributed by atoms with Crippen molar-refractivity contribution in [2.75, 3.05) is 5.32 Å². The average molecular weight is 263 g/mol. The summed E-state index contributed by atoms with van der Waals surface area (Å²) >= 11 is 1.47. The second-order valence-corrected chi connectivity index (χ2v) is 5.78. The van der Waals surface area contributed by atoms with E-state index in [2.05, 4.69) is 16.4 Å². The maximum atomic E-state index is 11.8. The summed E-state index contributed by atoms with van der Waals surface area (Å²) in [4.78, 5) is 16.2. The summed E-state index contributed by atoms with van der Waals surface area (Å²) in [7, 11) is 0. The molecule has 5 heteroatoms. The lowest BCUT2D eigenvalue weighted by Gasteiger charge is -2.13. The molecule has 0 aliphatic rings. The first-order valence-electron chi connectivity index (χ1n) is 5.91. The Hall–Kier alpha value is -1.46. The van der Waals surface area contributed by atoms with E-state index >= 15 is 0 Å². The zero-order chi connectivity index (χ0) is 13.3. The van der Waals surface area contributed by atoms with Crippen molar-refractivity contribution in [3.05, 3.63) is 23.8 Å². The van der Waals surface area contributed by atoms with Crippen molar-refractivity contribution in [2.45, 2.75) is 26.8 Å². The number of hydrogen-bond donors (Lipinski definition) is 2. The van der Waals surface area contributed by atoms with Crippen LogP contribution in [0.5, 0.6) is 0 Å². The van der Waals surface area contributed by atoms with Crippen LogP contribution < -0.4 is 11.1 Å². The van der Waals surface area contributed by atoms with Crippen molar-refractivity contribution < 1.29 is 4.79 Å². The number of nitrogens with zero attached hydrogens (tertiary/aromatic N) is 1. The van der Waals surface area contributed by atoms with Crippen molar-refractivity contribution >= 4 is 32.6 Å². The summed E-state index contributed by atoms with van der Waals surface area (Å²) in [6, 6.07) is 5.52. The minimum atomic E-state index is -0.501. The lowest BCUT2D eigenvalue weighted by Crippen LogP contribution is -2.39. The number of amides is 1. The predicted molar refractivity (Wildman–Crippen MR) is 75.8 cm³/mol. The van der Waals surface area contributed by atoms with Gasteiger partial charge in [-0.25, -0.2) is 4.98 Å². The van der Waals surface area contributed by atoms with E-state index in [9.17, 15) is 4.79 Å². The van der Waals surface area contributed by atoms with Crippen molar-refractivity contribution in [3.63, 3.8) is 0 Å². The predicted octanol–water partition coefficient (Wildman–Crippen LogP) is 2.53. The van der Waals surface area contributed by atoms with Gasteiger partial charge in [-0.05, 0) is 30.5 Å². The fourth-order valence-electron chi connectivity index (χ4n) is 1.58. The molecule has 4 nitrogen and oxygen atoms in total. The van der Waals surface area contributed by atoms with Crippen LogP contribution in [-0.4, -0.2) is 16.9 Å². The highest BCUT2D eigenvalue weighted by molar-refractivity contribution is 7.22. The van der Waals surface area contributed by atoms with E-state index in [1.54, 1.807) is 0 Å². The summed E-state index contributed by atoms with van der Waals surface area (Å²) in [5.74, 6) is -0.0672. The number of carbonyl (C=O) groups is 1. The molecule has 0 saturated carbocycles. The van der Waals surface area contributed by atoms with Crippen molar-refractivity contribution in [3.8, 4) is 0 Å². The number of rotatable bonds is 3. The first-order chi connectivity index (χ1) is 8.47. The third-order valence-electron chi connectivity index (χ3n) is 2.80. The SMILES string of the molecule is Cc1ccc2nc(NC(=O)[C@@H](N)C(C)C)sc2c1. The molecule has 2 rings (SSSR count). The molecule has 3 N–H and O–H groups in total. The minimum absolute atomic E-state index is 0.113. The molecule has 2 aromatic rings. The number of nitrogens with two attached hydrogens (primary N) is 1. The quantitative estimate of drug-likeness (QED) is 0.894. The Labute approximate surface area is 110 Å². The van der Waals surface area contributed by atoms with Crippen molar-refractivity contribution in [2.24, 2.45) is 11.7 Å². The highest BCUT2D eigenvalue weighted by Crippen LogP contribution is 2.26. The Morgan fingerprint density at radius 1 is 1.44 bits per heavy atom.